The number of ether oxygens (including phenoxy) is 1. The molecule has 0 aliphatic heterocycles. The highest BCUT2D eigenvalue weighted by atomic mass is 35.5. The van der Waals surface area contributed by atoms with Crippen LogP contribution in [0.1, 0.15) is 32.8 Å². The van der Waals surface area contributed by atoms with Crippen molar-refractivity contribution in [3.05, 3.63) is 22.7 Å². The van der Waals surface area contributed by atoms with E-state index in [4.69, 9.17) is 22.1 Å². The number of methoxy groups -OCH3 is 1. The topological polar surface area (TPSA) is 72.6 Å². The molecule has 0 aliphatic carbocycles. The average Bonchev–Trinajstić information content (AvgIpc) is 2.42. The van der Waals surface area contributed by atoms with Gasteiger partial charge in [-0.15, -0.1) is 0 Å². The fraction of sp³-hybridized carbons (Fsp3) is 0.571. The van der Waals surface area contributed by atoms with Gasteiger partial charge in [-0.25, -0.2) is 8.42 Å². The summed E-state index contributed by atoms with van der Waals surface area (Å²) in [5, 5.41) is 0.329. The third-order valence-corrected chi connectivity index (χ3v) is 5.43. The van der Waals surface area contributed by atoms with Gasteiger partial charge in [-0.05, 0) is 32.4 Å². The van der Waals surface area contributed by atoms with Crippen LogP contribution in [-0.4, -0.2) is 32.4 Å². The van der Waals surface area contributed by atoms with Gasteiger partial charge in [0.25, 0.3) is 0 Å². The molecule has 120 valence electrons. The van der Waals surface area contributed by atoms with E-state index in [1.165, 1.54) is 17.5 Å². The molecule has 0 saturated heterocycles. The van der Waals surface area contributed by atoms with Crippen LogP contribution in [0.5, 0.6) is 5.75 Å². The fourth-order valence-corrected chi connectivity index (χ4v) is 4.46. The molecular formula is C14H23ClN2O3S. The first-order chi connectivity index (χ1) is 9.79. The van der Waals surface area contributed by atoms with Crippen LogP contribution in [0.15, 0.2) is 17.0 Å². The van der Waals surface area contributed by atoms with Crippen LogP contribution in [0.3, 0.4) is 0 Å². The van der Waals surface area contributed by atoms with Crippen molar-refractivity contribution in [2.45, 2.75) is 44.7 Å². The number of hydrogen-bond donors (Lipinski definition) is 1. The van der Waals surface area contributed by atoms with E-state index in [9.17, 15) is 8.42 Å². The summed E-state index contributed by atoms with van der Waals surface area (Å²) in [6.45, 7) is 6.21. The normalized spacial score (nSPS) is 12.2. The van der Waals surface area contributed by atoms with Crippen molar-refractivity contribution < 1.29 is 13.2 Å². The van der Waals surface area contributed by atoms with Crippen molar-refractivity contribution in [1.29, 1.82) is 0 Å². The Labute approximate surface area is 132 Å². The fourth-order valence-electron chi connectivity index (χ4n) is 2.20. The Morgan fingerprint density at radius 3 is 2.43 bits per heavy atom. The zero-order valence-corrected chi connectivity index (χ0v) is 14.5. The number of hydrogen-bond acceptors (Lipinski definition) is 4. The second-order valence-corrected chi connectivity index (χ2v) is 7.31. The second kappa shape index (κ2) is 7.45. The molecular weight excluding hydrogens is 312 g/mol. The molecule has 2 N–H and O–H groups in total. The smallest absolute Gasteiger partial charge is 0.247 e. The van der Waals surface area contributed by atoms with E-state index in [-0.39, 0.29) is 23.2 Å². The highest BCUT2D eigenvalue weighted by molar-refractivity contribution is 7.89. The van der Waals surface area contributed by atoms with Crippen LogP contribution in [0, 0.1) is 0 Å². The highest BCUT2D eigenvalue weighted by Crippen LogP contribution is 2.34. The molecule has 0 unspecified atom stereocenters. The molecule has 0 heterocycles. The van der Waals surface area contributed by atoms with E-state index in [0.29, 0.717) is 17.1 Å². The van der Waals surface area contributed by atoms with Crippen molar-refractivity contribution in [1.82, 2.24) is 4.31 Å². The van der Waals surface area contributed by atoms with Crippen LogP contribution >= 0.6 is 11.6 Å². The summed E-state index contributed by atoms with van der Waals surface area (Å²) in [5.41, 5.74) is 6.23. The number of benzene rings is 1. The molecule has 0 fully saturated rings. The van der Waals surface area contributed by atoms with Crippen LogP contribution < -0.4 is 10.5 Å². The monoisotopic (exact) mass is 334 g/mol. The van der Waals surface area contributed by atoms with Gasteiger partial charge in [-0.1, -0.05) is 18.5 Å². The van der Waals surface area contributed by atoms with E-state index in [1.807, 2.05) is 20.8 Å². The van der Waals surface area contributed by atoms with E-state index < -0.39 is 10.0 Å². The van der Waals surface area contributed by atoms with Gasteiger partial charge in [0.1, 0.15) is 10.6 Å². The molecule has 0 bridgehead atoms. The quantitative estimate of drug-likeness (QED) is 0.832. The minimum absolute atomic E-state index is 0.0695. The first kappa shape index (κ1) is 18.2. The molecule has 1 aromatic carbocycles. The summed E-state index contributed by atoms with van der Waals surface area (Å²) in [6, 6.07) is 2.89. The van der Waals surface area contributed by atoms with Crippen molar-refractivity contribution in [3.63, 3.8) is 0 Å². The molecule has 0 atom stereocenters. The summed E-state index contributed by atoms with van der Waals surface area (Å²) in [4.78, 5) is 0.0695. The number of rotatable bonds is 7. The summed E-state index contributed by atoms with van der Waals surface area (Å²) in [7, 11) is -2.26. The lowest BCUT2D eigenvalue weighted by Gasteiger charge is -2.26. The average molecular weight is 335 g/mol. The number of nitrogens with two attached hydrogens (primary N) is 1. The van der Waals surface area contributed by atoms with E-state index in [0.717, 1.165) is 6.42 Å². The van der Waals surface area contributed by atoms with Crippen LogP contribution in [0.4, 0.5) is 0 Å². The summed E-state index contributed by atoms with van der Waals surface area (Å²) < 4.78 is 32.5. The van der Waals surface area contributed by atoms with E-state index in [1.54, 1.807) is 6.07 Å². The standard InChI is InChI=1S/C14H23ClN2O3S/c1-5-6-17(10(2)3)21(18,19)13-8-12(15)7-11(9-16)14(13)20-4/h7-8,10H,5-6,9,16H2,1-4H3. The van der Waals surface area contributed by atoms with Crippen molar-refractivity contribution >= 4 is 21.6 Å². The second-order valence-electron chi connectivity index (χ2n) is 5.01. The zero-order valence-electron chi connectivity index (χ0n) is 12.9. The molecule has 0 radical (unpaired) electrons. The maximum atomic E-state index is 12.9. The molecule has 0 aromatic heterocycles. The van der Waals surface area contributed by atoms with Gasteiger partial charge < -0.3 is 10.5 Å². The third-order valence-electron chi connectivity index (χ3n) is 3.13. The van der Waals surface area contributed by atoms with Crippen LogP contribution in [-0.2, 0) is 16.6 Å². The Morgan fingerprint density at radius 1 is 1.38 bits per heavy atom. The Balaban J connectivity index is 3.52. The Bertz CT molecular complexity index is 588. The van der Waals surface area contributed by atoms with Gasteiger partial charge in [0.05, 0.1) is 7.11 Å². The lowest BCUT2D eigenvalue weighted by atomic mass is 10.2. The van der Waals surface area contributed by atoms with Crippen molar-refractivity contribution in [2.75, 3.05) is 13.7 Å². The van der Waals surface area contributed by atoms with E-state index >= 15 is 0 Å². The number of halogens is 1. The van der Waals surface area contributed by atoms with Crippen molar-refractivity contribution in [3.8, 4) is 5.75 Å². The molecule has 7 heteroatoms. The first-order valence-electron chi connectivity index (χ1n) is 6.87. The Hall–Kier alpha value is -0.820. The SMILES string of the molecule is CCCN(C(C)C)S(=O)(=O)c1cc(Cl)cc(CN)c1OC. The van der Waals surface area contributed by atoms with Gasteiger partial charge in [0.15, 0.2) is 0 Å². The molecule has 5 nitrogen and oxygen atoms in total. The summed E-state index contributed by atoms with van der Waals surface area (Å²) in [6.07, 6.45) is 0.726. The maximum absolute atomic E-state index is 12.9. The number of sulfonamides is 1. The first-order valence-corrected chi connectivity index (χ1v) is 8.69. The molecule has 1 rings (SSSR count). The minimum Gasteiger partial charge on any atom is -0.495 e. The lowest BCUT2D eigenvalue weighted by molar-refractivity contribution is 0.348. The summed E-state index contributed by atoms with van der Waals surface area (Å²) in [5.74, 6) is 0.267. The molecule has 0 amide bonds. The Morgan fingerprint density at radius 2 is 2.00 bits per heavy atom. The predicted octanol–water partition coefficient (Wildman–Crippen LogP) is 2.62. The van der Waals surface area contributed by atoms with Gasteiger partial charge in [-0.3, -0.25) is 0 Å². The molecule has 0 spiro atoms. The van der Waals surface area contributed by atoms with Gasteiger partial charge in [0.2, 0.25) is 10.0 Å². The predicted molar refractivity (Wildman–Crippen MR) is 85.2 cm³/mol. The van der Waals surface area contributed by atoms with Crippen molar-refractivity contribution in [2.24, 2.45) is 5.73 Å². The van der Waals surface area contributed by atoms with E-state index in [2.05, 4.69) is 0 Å². The molecule has 1 aromatic rings. The molecule has 21 heavy (non-hydrogen) atoms. The molecule has 0 aliphatic rings. The lowest BCUT2D eigenvalue weighted by Crippen LogP contribution is -2.37. The largest absolute Gasteiger partial charge is 0.495 e. The summed E-state index contributed by atoms with van der Waals surface area (Å²) >= 11 is 6.03. The zero-order chi connectivity index (χ0) is 16.2. The molecule has 0 saturated carbocycles. The maximum Gasteiger partial charge on any atom is 0.247 e. The van der Waals surface area contributed by atoms with Gasteiger partial charge in [0, 0.05) is 29.7 Å². The van der Waals surface area contributed by atoms with Gasteiger partial charge in [-0.2, -0.15) is 4.31 Å². The third kappa shape index (κ3) is 3.88. The van der Waals surface area contributed by atoms with Crippen LogP contribution in [0.2, 0.25) is 5.02 Å². The number of nitrogens with zero attached hydrogens (tertiary/aromatic N) is 1. The Kier molecular flexibility index (Phi) is 6.46. The highest BCUT2D eigenvalue weighted by Gasteiger charge is 2.30. The van der Waals surface area contributed by atoms with Gasteiger partial charge >= 0.3 is 0 Å². The minimum atomic E-state index is -3.69. The van der Waals surface area contributed by atoms with Crippen LogP contribution in [0.25, 0.3) is 0 Å².